The van der Waals surface area contributed by atoms with Gasteiger partial charge in [-0.1, -0.05) is 0 Å². The van der Waals surface area contributed by atoms with Crippen molar-refractivity contribution in [3.63, 3.8) is 0 Å². The zero-order valence-corrected chi connectivity index (χ0v) is 7.34. The van der Waals surface area contributed by atoms with E-state index in [2.05, 4.69) is 5.32 Å². The molecule has 0 aromatic rings. The van der Waals surface area contributed by atoms with E-state index in [1.807, 2.05) is 13.8 Å². The Labute approximate surface area is 66.7 Å². The molecule has 0 amide bonds. The van der Waals surface area contributed by atoms with Gasteiger partial charge >= 0.3 is 0 Å². The van der Waals surface area contributed by atoms with E-state index in [-0.39, 0.29) is 5.38 Å². The molecule has 0 fully saturated rings. The monoisotopic (exact) mass is 169 g/mol. The van der Waals surface area contributed by atoms with Gasteiger partial charge in [0, 0.05) is 23.8 Å². The molecule has 2 atom stereocenters. The molecule has 0 spiro atoms. The summed E-state index contributed by atoms with van der Waals surface area (Å²) in [4.78, 5) is 0. The molecule has 0 aromatic carbocycles. The molecule has 0 aliphatic rings. The molecule has 0 radical (unpaired) electrons. The lowest BCUT2D eigenvalue weighted by Crippen LogP contribution is -2.33. The van der Waals surface area contributed by atoms with Gasteiger partial charge in [-0.15, -0.1) is 23.2 Å². The van der Waals surface area contributed by atoms with Crippen LogP contribution >= 0.6 is 23.2 Å². The minimum absolute atomic E-state index is 0.174. The van der Waals surface area contributed by atoms with E-state index >= 15 is 0 Å². The number of halogens is 2. The summed E-state index contributed by atoms with van der Waals surface area (Å²) < 4.78 is 0. The molecule has 9 heavy (non-hydrogen) atoms. The molecule has 0 aromatic heterocycles. The molecular formula is C6H13Cl2N. The molecule has 0 aliphatic carbocycles. The molecule has 2 unspecified atom stereocenters. The van der Waals surface area contributed by atoms with Crippen molar-refractivity contribution in [2.75, 3.05) is 12.4 Å². The van der Waals surface area contributed by atoms with Gasteiger partial charge in [0.15, 0.2) is 0 Å². The minimum Gasteiger partial charge on any atom is -0.312 e. The predicted octanol–water partition coefficient (Wildman–Crippen LogP) is 1.83. The average Bonchev–Trinajstić information content (AvgIpc) is 1.82. The number of hydrogen-bond donors (Lipinski definition) is 1. The van der Waals surface area contributed by atoms with Gasteiger partial charge in [-0.2, -0.15) is 0 Å². The lowest BCUT2D eigenvalue weighted by molar-refractivity contribution is 0.560. The van der Waals surface area contributed by atoms with Crippen LogP contribution in [0.5, 0.6) is 0 Å². The van der Waals surface area contributed by atoms with E-state index in [0.717, 1.165) is 6.54 Å². The van der Waals surface area contributed by atoms with Gasteiger partial charge < -0.3 is 5.32 Å². The maximum atomic E-state index is 5.76. The van der Waals surface area contributed by atoms with Gasteiger partial charge in [-0.25, -0.2) is 0 Å². The van der Waals surface area contributed by atoms with Crippen LogP contribution in [0, 0.1) is 0 Å². The number of alkyl halides is 2. The Morgan fingerprint density at radius 2 is 2.00 bits per heavy atom. The average molecular weight is 170 g/mol. The summed E-state index contributed by atoms with van der Waals surface area (Å²) in [6.07, 6.45) is 0. The van der Waals surface area contributed by atoms with Crippen LogP contribution in [0.3, 0.4) is 0 Å². The van der Waals surface area contributed by atoms with Crippen molar-refractivity contribution >= 4 is 23.2 Å². The zero-order chi connectivity index (χ0) is 7.28. The van der Waals surface area contributed by atoms with Crippen LogP contribution in [0.1, 0.15) is 13.8 Å². The van der Waals surface area contributed by atoms with E-state index in [9.17, 15) is 0 Å². The fraction of sp³-hybridized carbons (Fsp3) is 1.00. The fourth-order valence-corrected chi connectivity index (χ4v) is 0.643. The predicted molar refractivity (Wildman–Crippen MR) is 43.5 cm³/mol. The highest BCUT2D eigenvalue weighted by atomic mass is 35.5. The minimum atomic E-state index is 0.174. The highest BCUT2D eigenvalue weighted by Gasteiger charge is 2.05. The zero-order valence-electron chi connectivity index (χ0n) is 5.82. The van der Waals surface area contributed by atoms with Crippen molar-refractivity contribution < 1.29 is 0 Å². The molecule has 0 rings (SSSR count). The van der Waals surface area contributed by atoms with Crippen LogP contribution in [0.2, 0.25) is 0 Å². The Hall–Kier alpha value is 0.540. The maximum Gasteiger partial charge on any atom is 0.0458 e. The van der Waals surface area contributed by atoms with E-state index in [4.69, 9.17) is 23.2 Å². The first-order valence-corrected chi connectivity index (χ1v) is 4.09. The van der Waals surface area contributed by atoms with Gasteiger partial charge in [0.2, 0.25) is 0 Å². The molecule has 3 heteroatoms. The Morgan fingerprint density at radius 1 is 1.44 bits per heavy atom. The third-order valence-electron chi connectivity index (χ3n) is 1.25. The molecule has 0 saturated heterocycles. The summed E-state index contributed by atoms with van der Waals surface area (Å²) in [5, 5.41) is 3.34. The van der Waals surface area contributed by atoms with E-state index in [1.165, 1.54) is 0 Å². The van der Waals surface area contributed by atoms with Crippen LogP contribution < -0.4 is 5.32 Å². The summed E-state index contributed by atoms with van der Waals surface area (Å²) in [5.41, 5.74) is 0. The van der Waals surface area contributed by atoms with Gasteiger partial charge in [0.25, 0.3) is 0 Å². The second-order valence-corrected chi connectivity index (χ2v) is 3.18. The van der Waals surface area contributed by atoms with Crippen molar-refractivity contribution in [2.45, 2.75) is 25.3 Å². The highest BCUT2D eigenvalue weighted by Crippen LogP contribution is 1.99. The van der Waals surface area contributed by atoms with Crippen molar-refractivity contribution in [3.8, 4) is 0 Å². The molecular weight excluding hydrogens is 157 g/mol. The first-order valence-electron chi connectivity index (χ1n) is 3.12. The van der Waals surface area contributed by atoms with Crippen LogP contribution in [0.25, 0.3) is 0 Å². The van der Waals surface area contributed by atoms with Gasteiger partial charge in [-0.05, 0) is 13.8 Å². The van der Waals surface area contributed by atoms with Crippen molar-refractivity contribution in [3.05, 3.63) is 0 Å². The van der Waals surface area contributed by atoms with Gasteiger partial charge in [0.05, 0.1) is 0 Å². The number of hydrogen-bond acceptors (Lipinski definition) is 1. The van der Waals surface area contributed by atoms with Crippen LogP contribution in [-0.2, 0) is 0 Å². The molecule has 1 nitrogen and oxygen atoms in total. The van der Waals surface area contributed by atoms with Gasteiger partial charge in [-0.3, -0.25) is 0 Å². The summed E-state index contributed by atoms with van der Waals surface area (Å²) in [6.45, 7) is 4.84. The lowest BCUT2D eigenvalue weighted by Gasteiger charge is -2.14. The SMILES string of the molecule is CC(Cl)C(C)NCCCl. The molecule has 0 aliphatic heterocycles. The Kier molecular flexibility index (Phi) is 5.65. The van der Waals surface area contributed by atoms with Gasteiger partial charge in [0.1, 0.15) is 0 Å². The highest BCUT2D eigenvalue weighted by molar-refractivity contribution is 6.20. The topological polar surface area (TPSA) is 12.0 Å². The Morgan fingerprint density at radius 3 is 2.33 bits per heavy atom. The Bertz CT molecular complexity index is 66.1. The van der Waals surface area contributed by atoms with E-state index in [0.29, 0.717) is 11.9 Å². The number of rotatable bonds is 4. The second-order valence-electron chi connectivity index (χ2n) is 2.11. The summed E-state index contributed by atoms with van der Waals surface area (Å²) in [7, 11) is 0. The van der Waals surface area contributed by atoms with Crippen LogP contribution in [0.15, 0.2) is 0 Å². The summed E-state index contributed by atoms with van der Waals surface area (Å²) in [5.74, 6) is 0.647. The quantitative estimate of drug-likeness (QED) is 0.634. The smallest absolute Gasteiger partial charge is 0.0458 e. The fourth-order valence-electron chi connectivity index (χ4n) is 0.445. The normalized spacial score (nSPS) is 17.3. The largest absolute Gasteiger partial charge is 0.312 e. The Balaban J connectivity index is 3.16. The second kappa shape index (κ2) is 5.33. The van der Waals surface area contributed by atoms with Crippen molar-refractivity contribution in [1.29, 1.82) is 0 Å². The maximum absolute atomic E-state index is 5.76. The van der Waals surface area contributed by atoms with Crippen molar-refractivity contribution in [2.24, 2.45) is 0 Å². The molecule has 0 bridgehead atoms. The van der Waals surface area contributed by atoms with Crippen LogP contribution in [0.4, 0.5) is 0 Å². The number of nitrogens with one attached hydrogen (secondary N) is 1. The standard InChI is InChI=1S/C6H13Cl2N/c1-5(8)6(2)9-4-3-7/h5-6,9H,3-4H2,1-2H3. The van der Waals surface area contributed by atoms with E-state index in [1.54, 1.807) is 0 Å². The first-order chi connectivity index (χ1) is 4.18. The van der Waals surface area contributed by atoms with Crippen LogP contribution in [-0.4, -0.2) is 23.8 Å². The summed E-state index contributed by atoms with van der Waals surface area (Å²) >= 11 is 11.2. The van der Waals surface area contributed by atoms with E-state index < -0.39 is 0 Å². The van der Waals surface area contributed by atoms with Crippen molar-refractivity contribution in [1.82, 2.24) is 5.32 Å². The third kappa shape index (κ3) is 5.01. The lowest BCUT2D eigenvalue weighted by atomic mass is 10.2. The first kappa shape index (κ1) is 9.54. The molecule has 0 heterocycles. The molecule has 56 valence electrons. The molecule has 0 saturated carbocycles. The summed E-state index contributed by atoms with van der Waals surface area (Å²) in [6, 6.07) is 0.352. The molecule has 1 N–H and O–H groups in total. The third-order valence-corrected chi connectivity index (χ3v) is 1.82.